The number of aromatic nitrogens is 1. The average Bonchev–Trinajstić information content (AvgIpc) is 2.61. The van der Waals surface area contributed by atoms with Gasteiger partial charge in [0, 0.05) is 25.2 Å². The van der Waals surface area contributed by atoms with Crippen LogP contribution in [0.2, 0.25) is 0 Å². The predicted molar refractivity (Wildman–Crippen MR) is 61.9 cm³/mol. The van der Waals surface area contributed by atoms with Crippen molar-refractivity contribution in [2.75, 3.05) is 0 Å². The van der Waals surface area contributed by atoms with Crippen molar-refractivity contribution in [1.82, 2.24) is 4.57 Å². The van der Waals surface area contributed by atoms with Crippen molar-refractivity contribution in [1.29, 1.82) is 0 Å². The number of aldehydes is 1. The first-order chi connectivity index (χ1) is 7.31. The quantitative estimate of drug-likeness (QED) is 0.550. The Balaban J connectivity index is 2.21. The van der Waals surface area contributed by atoms with Gasteiger partial charge in [-0.25, -0.2) is 0 Å². The summed E-state index contributed by atoms with van der Waals surface area (Å²) in [5, 5.41) is 1.27. The molecule has 0 bridgehead atoms. The topological polar surface area (TPSA) is 22.0 Å². The lowest BCUT2D eigenvalue weighted by Gasteiger charge is -2.01. The van der Waals surface area contributed by atoms with E-state index >= 15 is 0 Å². The van der Waals surface area contributed by atoms with Gasteiger partial charge in [0.15, 0.2) is 0 Å². The van der Waals surface area contributed by atoms with Gasteiger partial charge in [-0.05, 0) is 35.9 Å². The van der Waals surface area contributed by atoms with Crippen LogP contribution in [0, 0.1) is 0 Å². The molecule has 2 nitrogen and oxygen atoms in total. The van der Waals surface area contributed by atoms with Crippen LogP contribution < -0.4 is 0 Å². The van der Waals surface area contributed by atoms with E-state index in [4.69, 9.17) is 0 Å². The molecule has 0 N–H and O–H groups in total. The maximum absolute atomic E-state index is 10.2. The minimum absolute atomic E-state index is 0.658. The zero-order valence-electron chi connectivity index (χ0n) is 8.94. The number of rotatable bonds is 4. The smallest absolute Gasteiger partial charge is 0.120 e. The average molecular weight is 201 g/mol. The van der Waals surface area contributed by atoms with Crippen molar-refractivity contribution in [3.63, 3.8) is 0 Å². The third kappa shape index (κ3) is 2.09. The Bertz CT molecular complexity index is 470. The summed E-state index contributed by atoms with van der Waals surface area (Å²) in [5.41, 5.74) is 2.57. The SMILES string of the molecule is Cn1ccc2ccc(CCCC=O)cc21. The van der Waals surface area contributed by atoms with Crippen LogP contribution in [0.3, 0.4) is 0 Å². The van der Waals surface area contributed by atoms with Gasteiger partial charge < -0.3 is 9.36 Å². The number of unbranched alkanes of at least 4 members (excludes halogenated alkanes) is 1. The fraction of sp³-hybridized carbons (Fsp3) is 0.308. The van der Waals surface area contributed by atoms with Crippen LogP contribution in [0.25, 0.3) is 10.9 Å². The number of fused-ring (bicyclic) bond motifs is 1. The standard InChI is InChI=1S/C13H15NO/c1-14-8-7-12-6-5-11(10-13(12)14)4-2-3-9-15/h5-10H,2-4H2,1H3. The lowest BCUT2D eigenvalue weighted by atomic mass is 10.1. The largest absolute Gasteiger partial charge is 0.351 e. The minimum Gasteiger partial charge on any atom is -0.351 e. The Kier molecular flexibility index (Phi) is 2.86. The van der Waals surface area contributed by atoms with E-state index in [1.165, 1.54) is 16.5 Å². The summed E-state index contributed by atoms with van der Waals surface area (Å²) in [6, 6.07) is 8.61. The molecule has 78 valence electrons. The van der Waals surface area contributed by atoms with E-state index < -0.39 is 0 Å². The summed E-state index contributed by atoms with van der Waals surface area (Å²) in [7, 11) is 2.05. The minimum atomic E-state index is 0.658. The molecule has 1 heterocycles. The zero-order chi connectivity index (χ0) is 10.7. The molecule has 2 aromatic rings. The zero-order valence-corrected chi connectivity index (χ0v) is 8.94. The molecule has 15 heavy (non-hydrogen) atoms. The summed E-state index contributed by atoms with van der Waals surface area (Å²) in [4.78, 5) is 10.2. The molecule has 0 saturated heterocycles. The number of carbonyl (C=O) groups is 1. The number of hydrogen-bond donors (Lipinski definition) is 0. The molecule has 0 spiro atoms. The van der Waals surface area contributed by atoms with Gasteiger partial charge in [-0.1, -0.05) is 12.1 Å². The highest BCUT2D eigenvalue weighted by Crippen LogP contribution is 2.17. The highest BCUT2D eigenvalue weighted by molar-refractivity contribution is 5.80. The van der Waals surface area contributed by atoms with Crippen molar-refractivity contribution in [3.8, 4) is 0 Å². The van der Waals surface area contributed by atoms with Crippen molar-refractivity contribution in [3.05, 3.63) is 36.0 Å². The summed E-state index contributed by atoms with van der Waals surface area (Å²) in [5.74, 6) is 0. The highest BCUT2D eigenvalue weighted by Gasteiger charge is 1.99. The maximum Gasteiger partial charge on any atom is 0.120 e. The highest BCUT2D eigenvalue weighted by atomic mass is 16.1. The Morgan fingerprint density at radius 1 is 1.33 bits per heavy atom. The molecule has 2 heteroatoms. The van der Waals surface area contributed by atoms with Crippen LogP contribution >= 0.6 is 0 Å². The van der Waals surface area contributed by atoms with Crippen LogP contribution in [0.5, 0.6) is 0 Å². The van der Waals surface area contributed by atoms with E-state index in [9.17, 15) is 4.79 Å². The molecular formula is C13H15NO. The molecule has 1 aromatic carbocycles. The second-order valence-corrected chi connectivity index (χ2v) is 3.88. The van der Waals surface area contributed by atoms with Crippen molar-refractivity contribution >= 4 is 17.2 Å². The predicted octanol–water partition coefficient (Wildman–Crippen LogP) is 2.70. The maximum atomic E-state index is 10.2. The summed E-state index contributed by atoms with van der Waals surface area (Å²) >= 11 is 0. The van der Waals surface area contributed by atoms with Crippen molar-refractivity contribution in [2.24, 2.45) is 7.05 Å². The summed E-state index contributed by atoms with van der Waals surface area (Å²) in [6.45, 7) is 0. The molecule has 0 amide bonds. The van der Waals surface area contributed by atoms with Gasteiger partial charge in [0.2, 0.25) is 0 Å². The lowest BCUT2D eigenvalue weighted by Crippen LogP contribution is -1.89. The van der Waals surface area contributed by atoms with Crippen LogP contribution in [0.4, 0.5) is 0 Å². The molecule has 0 unspecified atom stereocenters. The first-order valence-electron chi connectivity index (χ1n) is 5.29. The molecule has 0 radical (unpaired) electrons. The van der Waals surface area contributed by atoms with Gasteiger partial charge in [-0.15, -0.1) is 0 Å². The Hall–Kier alpha value is -1.57. The van der Waals surface area contributed by atoms with Crippen LogP contribution in [0.15, 0.2) is 30.5 Å². The normalized spacial score (nSPS) is 10.7. The van der Waals surface area contributed by atoms with Gasteiger partial charge in [-0.2, -0.15) is 0 Å². The fourth-order valence-electron chi connectivity index (χ4n) is 1.85. The molecule has 0 aliphatic rings. The van der Waals surface area contributed by atoms with Crippen LogP contribution in [-0.2, 0) is 18.3 Å². The number of carbonyl (C=O) groups excluding carboxylic acids is 1. The van der Waals surface area contributed by atoms with E-state index in [2.05, 4.69) is 42.1 Å². The molecular weight excluding hydrogens is 186 g/mol. The monoisotopic (exact) mass is 201 g/mol. The number of hydrogen-bond acceptors (Lipinski definition) is 1. The third-order valence-electron chi connectivity index (χ3n) is 2.74. The van der Waals surface area contributed by atoms with E-state index in [0.717, 1.165) is 19.1 Å². The van der Waals surface area contributed by atoms with Gasteiger partial charge in [-0.3, -0.25) is 0 Å². The Morgan fingerprint density at radius 3 is 3.00 bits per heavy atom. The number of benzene rings is 1. The lowest BCUT2D eigenvalue weighted by molar-refractivity contribution is -0.107. The Morgan fingerprint density at radius 2 is 2.20 bits per heavy atom. The van der Waals surface area contributed by atoms with Crippen LogP contribution in [-0.4, -0.2) is 10.9 Å². The molecule has 0 saturated carbocycles. The van der Waals surface area contributed by atoms with Gasteiger partial charge >= 0.3 is 0 Å². The second-order valence-electron chi connectivity index (χ2n) is 3.88. The first kappa shape index (κ1) is 9.97. The number of aryl methyl sites for hydroxylation is 2. The van der Waals surface area contributed by atoms with Gasteiger partial charge in [0.25, 0.3) is 0 Å². The summed E-state index contributed by atoms with van der Waals surface area (Å²) in [6.07, 6.45) is 5.64. The molecule has 0 aliphatic heterocycles. The van der Waals surface area contributed by atoms with Crippen LogP contribution in [0.1, 0.15) is 18.4 Å². The molecule has 0 fully saturated rings. The molecule has 1 aromatic heterocycles. The molecule has 2 rings (SSSR count). The number of nitrogens with zero attached hydrogens (tertiary/aromatic N) is 1. The molecule has 0 aliphatic carbocycles. The Labute approximate surface area is 89.5 Å². The van der Waals surface area contributed by atoms with Crippen molar-refractivity contribution in [2.45, 2.75) is 19.3 Å². The van der Waals surface area contributed by atoms with E-state index in [1.54, 1.807) is 0 Å². The first-order valence-corrected chi connectivity index (χ1v) is 5.29. The van der Waals surface area contributed by atoms with E-state index in [0.29, 0.717) is 6.42 Å². The van der Waals surface area contributed by atoms with Gasteiger partial charge in [0.1, 0.15) is 6.29 Å². The second kappa shape index (κ2) is 4.30. The van der Waals surface area contributed by atoms with E-state index in [-0.39, 0.29) is 0 Å². The molecule has 0 atom stereocenters. The fourth-order valence-corrected chi connectivity index (χ4v) is 1.85. The van der Waals surface area contributed by atoms with E-state index in [1.807, 2.05) is 0 Å². The summed E-state index contributed by atoms with van der Waals surface area (Å²) < 4.78 is 2.12. The van der Waals surface area contributed by atoms with Crippen molar-refractivity contribution < 1.29 is 4.79 Å². The third-order valence-corrected chi connectivity index (χ3v) is 2.74. The van der Waals surface area contributed by atoms with Gasteiger partial charge in [0.05, 0.1) is 0 Å².